The lowest BCUT2D eigenvalue weighted by Crippen LogP contribution is -3.00. The van der Waals surface area contributed by atoms with E-state index in [4.69, 9.17) is 4.98 Å². The quantitative estimate of drug-likeness (QED) is 0.584. The summed E-state index contributed by atoms with van der Waals surface area (Å²) in [6, 6.07) is 10.4. The standard InChI is InChI=1S/C18H23N5.ClH/c1-3-4-6-11-15-21-17(19-2)16-18(22-15)23(13-20-16)12-14-9-7-5-8-10-14;/h5,7-10,13H,3-4,6,11-12H2,1-2H3,(H,19,21,22);1H. The van der Waals surface area contributed by atoms with Crippen LogP contribution in [0.1, 0.15) is 37.6 Å². The van der Waals surface area contributed by atoms with Crippen LogP contribution in [0.5, 0.6) is 0 Å². The molecule has 0 fully saturated rings. The van der Waals surface area contributed by atoms with E-state index in [1.807, 2.05) is 24.8 Å². The zero-order valence-electron chi connectivity index (χ0n) is 14.2. The lowest BCUT2D eigenvalue weighted by molar-refractivity contribution is -0.542. The Morgan fingerprint density at radius 1 is 1.08 bits per heavy atom. The third-order valence-electron chi connectivity index (χ3n) is 4.01. The Labute approximate surface area is 149 Å². The molecule has 0 radical (unpaired) electrons. The molecule has 0 aliphatic rings. The number of aryl methyl sites for hydroxylation is 1. The minimum absolute atomic E-state index is 0. The van der Waals surface area contributed by atoms with Crippen molar-refractivity contribution >= 4 is 17.0 Å². The Morgan fingerprint density at radius 2 is 1.88 bits per heavy atom. The Bertz CT molecular complexity index is 770. The average molecular weight is 346 g/mol. The monoisotopic (exact) mass is 345 g/mol. The maximum atomic E-state index is 4.78. The Kier molecular flexibility index (Phi) is 6.70. The first kappa shape index (κ1) is 18.4. The molecule has 0 aliphatic carbocycles. The lowest BCUT2D eigenvalue weighted by atomic mass is 10.2. The van der Waals surface area contributed by atoms with Crippen molar-refractivity contribution in [2.75, 3.05) is 7.05 Å². The van der Waals surface area contributed by atoms with Crippen LogP contribution in [0, 0.1) is 0 Å². The molecule has 0 spiro atoms. The summed E-state index contributed by atoms with van der Waals surface area (Å²) in [5, 5.41) is 2.02. The Balaban J connectivity index is 0.00000208. The number of quaternary nitrogens is 1. The molecule has 1 aromatic carbocycles. The van der Waals surface area contributed by atoms with Crippen LogP contribution in [-0.4, -0.2) is 26.6 Å². The molecule has 6 heteroatoms. The number of hydrogen-bond acceptors (Lipinski definition) is 3. The van der Waals surface area contributed by atoms with Crippen molar-refractivity contribution < 1.29 is 17.7 Å². The van der Waals surface area contributed by atoms with Crippen LogP contribution >= 0.6 is 0 Å². The van der Waals surface area contributed by atoms with Crippen LogP contribution in [0.2, 0.25) is 0 Å². The summed E-state index contributed by atoms with van der Waals surface area (Å²) in [4.78, 5) is 14.0. The Morgan fingerprint density at radius 3 is 2.58 bits per heavy atom. The maximum absolute atomic E-state index is 4.78. The van der Waals surface area contributed by atoms with Gasteiger partial charge in [-0.15, -0.1) is 0 Å². The van der Waals surface area contributed by atoms with E-state index >= 15 is 0 Å². The van der Waals surface area contributed by atoms with Crippen molar-refractivity contribution in [3.63, 3.8) is 0 Å². The van der Waals surface area contributed by atoms with Crippen molar-refractivity contribution in [3.8, 4) is 0 Å². The number of imidazole rings is 1. The van der Waals surface area contributed by atoms with Gasteiger partial charge in [-0.25, -0.2) is 9.97 Å². The largest absolute Gasteiger partial charge is 1.00 e. The van der Waals surface area contributed by atoms with Gasteiger partial charge in [0, 0.05) is 6.42 Å². The van der Waals surface area contributed by atoms with Crippen molar-refractivity contribution in [1.82, 2.24) is 19.5 Å². The molecule has 128 valence electrons. The molecule has 2 aromatic heterocycles. The summed E-state index contributed by atoms with van der Waals surface area (Å²) >= 11 is 0. The first-order chi connectivity index (χ1) is 11.3. The minimum atomic E-state index is 0. The predicted octanol–water partition coefficient (Wildman–Crippen LogP) is -0.564. The average Bonchev–Trinajstić information content (AvgIpc) is 2.98. The summed E-state index contributed by atoms with van der Waals surface area (Å²) in [5.41, 5.74) is 3.08. The summed E-state index contributed by atoms with van der Waals surface area (Å²) in [6.45, 7) is 3.00. The van der Waals surface area contributed by atoms with Gasteiger partial charge in [0.25, 0.3) is 5.82 Å². The second-order valence-electron chi connectivity index (χ2n) is 5.80. The smallest absolute Gasteiger partial charge is 0.256 e. The Hall–Kier alpha value is -1.98. The van der Waals surface area contributed by atoms with Gasteiger partial charge in [-0.2, -0.15) is 4.98 Å². The van der Waals surface area contributed by atoms with Gasteiger partial charge in [0.05, 0.1) is 19.9 Å². The van der Waals surface area contributed by atoms with Gasteiger partial charge in [-0.3, -0.25) is 5.32 Å². The van der Waals surface area contributed by atoms with Gasteiger partial charge in [0.2, 0.25) is 0 Å². The van der Waals surface area contributed by atoms with E-state index in [0.29, 0.717) is 0 Å². The van der Waals surface area contributed by atoms with E-state index in [1.165, 1.54) is 18.4 Å². The number of fused-ring (bicyclic) bond motifs is 1. The summed E-state index contributed by atoms with van der Waals surface area (Å²) in [6.07, 6.45) is 6.37. The predicted molar refractivity (Wildman–Crippen MR) is 91.6 cm³/mol. The number of halogens is 1. The topological polar surface area (TPSA) is 60.2 Å². The number of aromatic nitrogens is 4. The third kappa shape index (κ3) is 4.10. The van der Waals surface area contributed by atoms with Crippen molar-refractivity contribution in [2.24, 2.45) is 0 Å². The molecule has 2 heterocycles. The number of unbranched alkanes of at least 4 members (excludes halogenated alkanes) is 2. The molecule has 0 aliphatic heterocycles. The van der Waals surface area contributed by atoms with Gasteiger partial charge >= 0.3 is 0 Å². The zero-order chi connectivity index (χ0) is 16.1. The number of nitrogens with zero attached hydrogens (tertiary/aromatic N) is 4. The van der Waals surface area contributed by atoms with Gasteiger partial charge in [0.15, 0.2) is 11.2 Å². The van der Waals surface area contributed by atoms with Crippen molar-refractivity contribution in [3.05, 3.63) is 48.0 Å². The molecule has 0 saturated heterocycles. The number of nitrogens with two attached hydrogens (primary N) is 1. The molecule has 0 bridgehead atoms. The number of benzene rings is 1. The molecule has 3 rings (SSSR count). The molecule has 0 atom stereocenters. The van der Waals surface area contributed by atoms with E-state index in [9.17, 15) is 0 Å². The summed E-state index contributed by atoms with van der Waals surface area (Å²) in [5.74, 6) is 1.86. The van der Waals surface area contributed by atoms with E-state index in [-0.39, 0.29) is 12.4 Å². The van der Waals surface area contributed by atoms with E-state index < -0.39 is 0 Å². The highest BCUT2D eigenvalue weighted by Gasteiger charge is 2.15. The number of rotatable bonds is 7. The fourth-order valence-electron chi connectivity index (χ4n) is 2.75. The second-order valence-corrected chi connectivity index (χ2v) is 5.80. The minimum Gasteiger partial charge on any atom is -1.00 e. The fourth-order valence-corrected chi connectivity index (χ4v) is 2.75. The van der Waals surface area contributed by atoms with E-state index in [1.54, 1.807) is 0 Å². The lowest BCUT2D eigenvalue weighted by Gasteiger charge is -2.06. The molecule has 24 heavy (non-hydrogen) atoms. The first-order valence-electron chi connectivity index (χ1n) is 8.37. The van der Waals surface area contributed by atoms with E-state index in [2.05, 4.69) is 45.7 Å². The first-order valence-corrected chi connectivity index (χ1v) is 8.37. The van der Waals surface area contributed by atoms with E-state index in [0.717, 1.165) is 42.2 Å². The fraction of sp³-hybridized carbons (Fsp3) is 0.389. The van der Waals surface area contributed by atoms with Gasteiger partial charge < -0.3 is 17.0 Å². The second kappa shape index (κ2) is 8.76. The molecule has 5 nitrogen and oxygen atoms in total. The third-order valence-corrected chi connectivity index (χ3v) is 4.01. The molecule has 0 saturated carbocycles. The highest BCUT2D eigenvalue weighted by Crippen LogP contribution is 2.17. The van der Waals surface area contributed by atoms with Crippen LogP contribution < -0.4 is 17.7 Å². The van der Waals surface area contributed by atoms with Gasteiger partial charge in [0.1, 0.15) is 5.82 Å². The van der Waals surface area contributed by atoms with Crippen LogP contribution in [0.4, 0.5) is 5.82 Å². The highest BCUT2D eigenvalue weighted by molar-refractivity contribution is 5.78. The van der Waals surface area contributed by atoms with Crippen molar-refractivity contribution in [2.45, 2.75) is 39.2 Å². The molecular weight excluding hydrogens is 322 g/mol. The highest BCUT2D eigenvalue weighted by atomic mass is 35.5. The normalized spacial score (nSPS) is 10.8. The molecular formula is C18H24ClN5. The van der Waals surface area contributed by atoms with Crippen LogP contribution in [0.3, 0.4) is 0 Å². The summed E-state index contributed by atoms with van der Waals surface area (Å²) < 4.78 is 2.11. The zero-order valence-corrected chi connectivity index (χ0v) is 15.0. The number of hydrogen-bond donors (Lipinski definition) is 1. The molecule has 2 N–H and O–H groups in total. The molecule has 3 aromatic rings. The SMILES string of the molecule is CCCCCc1nc([NH2+]C)c2ncn(Cc3ccccc3)c2n1.[Cl-]. The van der Waals surface area contributed by atoms with Crippen LogP contribution in [0.15, 0.2) is 36.7 Å². The van der Waals surface area contributed by atoms with Crippen LogP contribution in [-0.2, 0) is 13.0 Å². The van der Waals surface area contributed by atoms with Crippen molar-refractivity contribution in [1.29, 1.82) is 0 Å². The summed E-state index contributed by atoms with van der Waals surface area (Å²) in [7, 11) is 2.01. The molecule has 0 unspecified atom stereocenters. The van der Waals surface area contributed by atoms with Gasteiger partial charge in [-0.05, 0) is 12.0 Å². The van der Waals surface area contributed by atoms with Crippen LogP contribution in [0.25, 0.3) is 11.2 Å². The van der Waals surface area contributed by atoms with Gasteiger partial charge in [-0.1, -0.05) is 50.1 Å². The molecule has 0 amide bonds. The maximum Gasteiger partial charge on any atom is 0.256 e.